The van der Waals surface area contributed by atoms with Crippen LogP contribution in [-0.2, 0) is 16.1 Å². The van der Waals surface area contributed by atoms with Crippen molar-refractivity contribution < 1.29 is 14.7 Å². The number of aliphatic hydroxyl groups is 1. The molecule has 4 heterocycles. The zero-order valence-electron chi connectivity index (χ0n) is 20.6. The third-order valence-corrected chi connectivity index (χ3v) is 6.76. The summed E-state index contributed by atoms with van der Waals surface area (Å²) in [5.41, 5.74) is 3.70. The molecular weight excluding hydrogens is 454 g/mol. The lowest BCUT2D eigenvalue weighted by Gasteiger charge is -2.25. The summed E-state index contributed by atoms with van der Waals surface area (Å²) < 4.78 is 3.68. The van der Waals surface area contributed by atoms with Crippen LogP contribution < -0.4 is 0 Å². The molecule has 1 aliphatic heterocycles. The van der Waals surface area contributed by atoms with Gasteiger partial charge in [0.25, 0.3) is 11.7 Å². The van der Waals surface area contributed by atoms with E-state index in [0.717, 1.165) is 11.1 Å². The maximum Gasteiger partial charge on any atom is 0.295 e. The number of Topliss-reactive ketones (excluding diaryl/α,β-unsaturated/α-hetero) is 1. The van der Waals surface area contributed by atoms with Crippen LogP contribution >= 0.6 is 0 Å². The number of rotatable bonds is 7. The molecule has 8 nitrogen and oxygen atoms in total. The number of likely N-dealkylation sites (tertiary alicyclic amines) is 1. The Kier molecular flexibility index (Phi) is 6.18. The van der Waals surface area contributed by atoms with E-state index >= 15 is 0 Å². The number of fused-ring (bicyclic) bond motifs is 1. The average molecular weight is 484 g/mol. The van der Waals surface area contributed by atoms with Crippen LogP contribution in [0.3, 0.4) is 0 Å². The first-order valence-electron chi connectivity index (χ1n) is 12.1. The van der Waals surface area contributed by atoms with Crippen LogP contribution in [0.15, 0.2) is 73.0 Å². The number of benzene rings is 1. The predicted octanol–water partition coefficient (Wildman–Crippen LogP) is 4.47. The number of carbonyl (C=O) groups excluding carboxylic acids is 2. The van der Waals surface area contributed by atoms with Gasteiger partial charge in [0.2, 0.25) is 0 Å². The van der Waals surface area contributed by atoms with E-state index in [1.165, 1.54) is 0 Å². The van der Waals surface area contributed by atoms with E-state index in [0.29, 0.717) is 42.5 Å². The van der Waals surface area contributed by atoms with Gasteiger partial charge in [-0.05, 0) is 42.5 Å². The topological polar surface area (TPSA) is 92.7 Å². The number of nitrogens with zero attached hydrogens (tertiary/aromatic N) is 5. The fraction of sp³-hybridized carbons (Fsp3) is 0.286. The molecule has 1 atom stereocenters. The van der Waals surface area contributed by atoms with Crippen LogP contribution in [0.25, 0.3) is 11.4 Å². The number of hydrogen-bond acceptors (Lipinski definition) is 5. The van der Waals surface area contributed by atoms with Crippen molar-refractivity contribution in [3.05, 3.63) is 95.5 Å². The third kappa shape index (κ3) is 4.08. The number of amides is 1. The zero-order chi connectivity index (χ0) is 25.4. The Morgan fingerprint density at radius 3 is 2.53 bits per heavy atom. The Labute approximate surface area is 209 Å². The van der Waals surface area contributed by atoms with Crippen LogP contribution in [0.2, 0.25) is 0 Å². The maximum atomic E-state index is 13.4. The second-order valence-electron chi connectivity index (χ2n) is 9.44. The highest BCUT2D eigenvalue weighted by molar-refractivity contribution is 6.46. The Hall–Kier alpha value is -4.20. The fourth-order valence-electron chi connectivity index (χ4n) is 4.89. The van der Waals surface area contributed by atoms with E-state index in [1.807, 2.05) is 53.2 Å². The molecule has 184 valence electrons. The van der Waals surface area contributed by atoms with E-state index in [9.17, 15) is 14.7 Å². The minimum Gasteiger partial charge on any atom is -0.505 e. The molecule has 3 aromatic heterocycles. The van der Waals surface area contributed by atoms with Crippen molar-refractivity contribution in [2.24, 2.45) is 0 Å². The summed E-state index contributed by atoms with van der Waals surface area (Å²) in [5, 5.41) is 11.6. The highest BCUT2D eigenvalue weighted by atomic mass is 16.3. The number of aryl methyl sites for hydroxylation is 2. The summed E-state index contributed by atoms with van der Waals surface area (Å²) in [6.07, 6.45) is 7.73. The molecule has 0 bridgehead atoms. The number of aliphatic hydroxyl groups excluding tert-OH is 1. The average Bonchev–Trinajstić information content (AvgIpc) is 3.56. The lowest BCUT2D eigenvalue weighted by atomic mass is 9.93. The van der Waals surface area contributed by atoms with Crippen molar-refractivity contribution in [2.45, 2.75) is 45.7 Å². The van der Waals surface area contributed by atoms with E-state index in [-0.39, 0.29) is 11.3 Å². The molecule has 1 aromatic carbocycles. The zero-order valence-corrected chi connectivity index (χ0v) is 20.6. The first kappa shape index (κ1) is 23.5. The van der Waals surface area contributed by atoms with Crippen molar-refractivity contribution >= 4 is 23.1 Å². The monoisotopic (exact) mass is 483 g/mol. The van der Waals surface area contributed by atoms with Crippen molar-refractivity contribution in [3.8, 4) is 0 Å². The second-order valence-corrected chi connectivity index (χ2v) is 9.44. The largest absolute Gasteiger partial charge is 0.505 e. The quantitative estimate of drug-likeness (QED) is 0.238. The van der Waals surface area contributed by atoms with Crippen LogP contribution in [0, 0.1) is 6.92 Å². The third-order valence-electron chi connectivity index (χ3n) is 6.76. The van der Waals surface area contributed by atoms with E-state index < -0.39 is 17.7 Å². The number of aromatic nitrogens is 4. The summed E-state index contributed by atoms with van der Waals surface area (Å²) in [4.78, 5) is 36.8. The Bertz CT molecular complexity index is 1450. The molecule has 1 amide bonds. The second kappa shape index (κ2) is 9.45. The van der Waals surface area contributed by atoms with Gasteiger partial charge in [-0.15, -0.1) is 0 Å². The van der Waals surface area contributed by atoms with Crippen molar-refractivity contribution in [2.75, 3.05) is 6.54 Å². The molecule has 1 saturated heterocycles. The predicted molar refractivity (Wildman–Crippen MR) is 136 cm³/mol. The minimum atomic E-state index is -0.692. The lowest BCUT2D eigenvalue weighted by Crippen LogP contribution is -2.31. The van der Waals surface area contributed by atoms with Crippen molar-refractivity contribution in [3.63, 3.8) is 0 Å². The molecule has 1 N–H and O–H groups in total. The molecule has 36 heavy (non-hydrogen) atoms. The first-order valence-corrected chi connectivity index (χ1v) is 12.1. The normalized spacial score (nSPS) is 17.6. The molecule has 1 aliphatic rings. The van der Waals surface area contributed by atoms with Gasteiger partial charge in [0, 0.05) is 31.7 Å². The van der Waals surface area contributed by atoms with Crippen LogP contribution in [0.1, 0.15) is 54.7 Å². The molecule has 1 fully saturated rings. The minimum absolute atomic E-state index is 0.0914. The van der Waals surface area contributed by atoms with Crippen LogP contribution in [-0.4, -0.2) is 47.2 Å². The molecule has 4 aromatic rings. The Morgan fingerprint density at radius 1 is 1.06 bits per heavy atom. The van der Waals surface area contributed by atoms with Gasteiger partial charge in [0.05, 0.1) is 23.6 Å². The van der Waals surface area contributed by atoms with Crippen molar-refractivity contribution in [1.82, 2.24) is 23.8 Å². The smallest absolute Gasteiger partial charge is 0.295 e. The van der Waals surface area contributed by atoms with E-state index in [2.05, 4.69) is 23.8 Å². The molecule has 0 radical (unpaired) electrons. The summed E-state index contributed by atoms with van der Waals surface area (Å²) >= 11 is 0. The molecule has 0 saturated carbocycles. The summed E-state index contributed by atoms with van der Waals surface area (Å²) in [6.45, 7) is 7.04. The van der Waals surface area contributed by atoms with Crippen molar-refractivity contribution in [1.29, 1.82) is 0 Å². The van der Waals surface area contributed by atoms with Gasteiger partial charge < -0.3 is 14.6 Å². The number of imidazole rings is 2. The summed E-state index contributed by atoms with van der Waals surface area (Å²) in [5.74, 6) is -1.15. The highest BCUT2D eigenvalue weighted by Crippen LogP contribution is 2.40. The molecule has 0 unspecified atom stereocenters. The number of ketones is 1. The number of carbonyl (C=O) groups is 2. The lowest BCUT2D eigenvalue weighted by molar-refractivity contribution is -0.139. The van der Waals surface area contributed by atoms with Gasteiger partial charge in [-0.3, -0.25) is 14.0 Å². The fourth-order valence-corrected chi connectivity index (χ4v) is 4.89. The van der Waals surface area contributed by atoms with Crippen LogP contribution in [0.4, 0.5) is 0 Å². The first-order chi connectivity index (χ1) is 17.4. The Balaban J connectivity index is 1.60. The highest BCUT2D eigenvalue weighted by Gasteiger charge is 2.46. The van der Waals surface area contributed by atoms with Gasteiger partial charge in [-0.25, -0.2) is 9.97 Å². The molecule has 8 heteroatoms. The molecule has 0 spiro atoms. The number of pyridine rings is 1. The summed E-state index contributed by atoms with van der Waals surface area (Å²) in [7, 11) is 0. The SMILES string of the molecule is Cc1nc2ccccn2c1C(O)=C1C(=O)C(=O)N(CCCn2ccnc2)[C@@H]1c1ccc(C(C)C)cc1. The van der Waals surface area contributed by atoms with E-state index in [4.69, 9.17) is 0 Å². The van der Waals surface area contributed by atoms with E-state index in [1.54, 1.807) is 34.9 Å². The molecular formula is C28H29N5O3. The van der Waals surface area contributed by atoms with Gasteiger partial charge in [0.1, 0.15) is 11.3 Å². The van der Waals surface area contributed by atoms with Gasteiger partial charge in [-0.2, -0.15) is 0 Å². The standard InChI is InChI=1S/C28H29N5O3/c1-18(2)20-8-10-21(11-9-20)25-23(26(34)24-19(3)30-22-7-4-5-14-32(22)24)27(35)28(36)33(25)15-6-13-31-16-12-29-17-31/h4-5,7-12,14,16-18,25,34H,6,13,15H2,1-3H3/t25-/m1/s1. The summed E-state index contributed by atoms with van der Waals surface area (Å²) in [6, 6.07) is 12.8. The van der Waals surface area contributed by atoms with Crippen LogP contribution in [0.5, 0.6) is 0 Å². The van der Waals surface area contributed by atoms with Gasteiger partial charge in [-0.1, -0.05) is 44.2 Å². The Morgan fingerprint density at radius 2 is 1.83 bits per heavy atom. The van der Waals surface area contributed by atoms with Gasteiger partial charge >= 0.3 is 0 Å². The molecule has 5 rings (SSSR count). The maximum absolute atomic E-state index is 13.4. The number of hydrogen-bond donors (Lipinski definition) is 1. The van der Waals surface area contributed by atoms with Gasteiger partial charge in [0.15, 0.2) is 5.76 Å². The molecule has 0 aliphatic carbocycles.